The van der Waals surface area contributed by atoms with Crippen molar-refractivity contribution in [3.8, 4) is 5.75 Å². The number of hydrogen-bond acceptors (Lipinski definition) is 2. The Balaban J connectivity index is 1.58. The van der Waals surface area contributed by atoms with Crippen LogP contribution in [0.2, 0.25) is 0 Å². The molecule has 2 N–H and O–H groups in total. The summed E-state index contributed by atoms with van der Waals surface area (Å²) in [5.74, 6) is 0.265. The second kappa shape index (κ2) is 7.22. The summed E-state index contributed by atoms with van der Waals surface area (Å²) in [7, 11) is 2.31. The van der Waals surface area contributed by atoms with E-state index in [0.29, 0.717) is 6.42 Å². The van der Waals surface area contributed by atoms with Gasteiger partial charge in [-0.05, 0) is 42.8 Å². The fourth-order valence-electron chi connectivity index (χ4n) is 3.70. The Hall–Kier alpha value is -2.07. The number of phenols is 1. The summed E-state index contributed by atoms with van der Waals surface area (Å²) < 4.78 is 1.11. The maximum absolute atomic E-state index is 12.3. The molecule has 4 nitrogen and oxygen atoms in total. The Bertz CT molecular complexity index is 721. The van der Waals surface area contributed by atoms with Gasteiger partial charge in [-0.2, -0.15) is 0 Å². The molecule has 3 rings (SSSR count). The minimum Gasteiger partial charge on any atom is -0.508 e. The van der Waals surface area contributed by atoms with E-state index in [1.807, 2.05) is 24.3 Å². The van der Waals surface area contributed by atoms with Gasteiger partial charge in [-0.15, -0.1) is 0 Å². The number of likely N-dealkylation sites (tertiary alicyclic amines) is 1. The Morgan fingerprint density at radius 1 is 1.17 bits per heavy atom. The van der Waals surface area contributed by atoms with Crippen LogP contribution in [0.5, 0.6) is 5.75 Å². The van der Waals surface area contributed by atoms with Crippen LogP contribution in [0.4, 0.5) is 5.69 Å². The SMILES string of the molecule is C[N+]1(CCCC(=O)Nc2cccc3ccc(O)cc23)CCCCC1. The Morgan fingerprint density at radius 3 is 2.75 bits per heavy atom. The molecule has 1 fully saturated rings. The minimum atomic E-state index is 0.0504. The van der Waals surface area contributed by atoms with Gasteiger partial charge >= 0.3 is 0 Å². The van der Waals surface area contributed by atoms with Crippen molar-refractivity contribution in [3.63, 3.8) is 0 Å². The van der Waals surface area contributed by atoms with Crippen molar-refractivity contribution in [2.24, 2.45) is 0 Å². The van der Waals surface area contributed by atoms with E-state index in [2.05, 4.69) is 12.4 Å². The summed E-state index contributed by atoms with van der Waals surface area (Å²) in [6, 6.07) is 11.0. The van der Waals surface area contributed by atoms with Crippen molar-refractivity contribution in [1.82, 2.24) is 0 Å². The number of phenolic OH excluding ortho intramolecular Hbond substituents is 1. The third kappa shape index (κ3) is 4.06. The predicted molar refractivity (Wildman–Crippen MR) is 98.1 cm³/mol. The summed E-state index contributed by atoms with van der Waals surface area (Å²) in [6.07, 6.45) is 5.42. The molecule has 1 heterocycles. The van der Waals surface area contributed by atoms with Crippen molar-refractivity contribution in [2.75, 3.05) is 32.0 Å². The average Bonchev–Trinajstić information content (AvgIpc) is 2.56. The van der Waals surface area contributed by atoms with Gasteiger partial charge in [0, 0.05) is 23.9 Å². The molecule has 0 atom stereocenters. The summed E-state index contributed by atoms with van der Waals surface area (Å²) >= 11 is 0. The molecule has 0 aromatic heterocycles. The number of piperidine rings is 1. The van der Waals surface area contributed by atoms with E-state index in [9.17, 15) is 9.90 Å². The van der Waals surface area contributed by atoms with E-state index >= 15 is 0 Å². The lowest BCUT2D eigenvalue weighted by Gasteiger charge is -2.37. The van der Waals surface area contributed by atoms with Crippen LogP contribution in [0, 0.1) is 0 Å². The van der Waals surface area contributed by atoms with Crippen LogP contribution in [0.25, 0.3) is 10.8 Å². The lowest BCUT2D eigenvalue weighted by molar-refractivity contribution is -0.914. The zero-order valence-electron chi connectivity index (χ0n) is 14.4. The molecule has 2 aromatic rings. The molecule has 1 amide bonds. The zero-order valence-corrected chi connectivity index (χ0v) is 14.4. The number of anilines is 1. The van der Waals surface area contributed by atoms with Crippen LogP contribution in [-0.2, 0) is 4.79 Å². The molecule has 0 bridgehead atoms. The van der Waals surface area contributed by atoms with E-state index in [1.54, 1.807) is 12.1 Å². The fraction of sp³-hybridized carbons (Fsp3) is 0.450. The van der Waals surface area contributed by atoms with Crippen LogP contribution >= 0.6 is 0 Å². The highest BCUT2D eigenvalue weighted by atomic mass is 16.3. The van der Waals surface area contributed by atoms with E-state index in [4.69, 9.17) is 0 Å². The molecule has 1 saturated heterocycles. The molecule has 0 aliphatic carbocycles. The van der Waals surface area contributed by atoms with Gasteiger partial charge in [0.05, 0.1) is 26.7 Å². The number of amides is 1. The average molecular weight is 327 g/mol. The Kier molecular flexibility index (Phi) is 5.05. The second-order valence-electron chi connectivity index (χ2n) is 7.21. The third-order valence-electron chi connectivity index (χ3n) is 5.14. The van der Waals surface area contributed by atoms with E-state index in [1.165, 1.54) is 32.4 Å². The molecular weight excluding hydrogens is 300 g/mol. The van der Waals surface area contributed by atoms with Gasteiger partial charge < -0.3 is 14.9 Å². The summed E-state index contributed by atoms with van der Waals surface area (Å²) in [6.45, 7) is 3.55. The van der Waals surface area contributed by atoms with Gasteiger partial charge in [0.2, 0.25) is 5.91 Å². The third-order valence-corrected chi connectivity index (χ3v) is 5.14. The highest BCUT2D eigenvalue weighted by molar-refractivity contribution is 6.02. The number of quaternary nitrogens is 1. The lowest BCUT2D eigenvalue weighted by Crippen LogP contribution is -2.48. The van der Waals surface area contributed by atoms with Crippen LogP contribution in [0.3, 0.4) is 0 Å². The Morgan fingerprint density at radius 2 is 1.96 bits per heavy atom. The number of carbonyl (C=O) groups excluding carboxylic acids is 1. The van der Waals surface area contributed by atoms with Gasteiger partial charge in [-0.1, -0.05) is 18.2 Å². The number of nitrogens with zero attached hydrogens (tertiary/aromatic N) is 1. The van der Waals surface area contributed by atoms with Gasteiger partial charge in [-0.3, -0.25) is 4.79 Å². The summed E-state index contributed by atoms with van der Waals surface area (Å²) in [4.78, 5) is 12.3. The smallest absolute Gasteiger partial charge is 0.224 e. The first kappa shape index (κ1) is 16.8. The van der Waals surface area contributed by atoms with Crippen LogP contribution in [-0.4, -0.2) is 42.2 Å². The van der Waals surface area contributed by atoms with Crippen molar-refractivity contribution in [3.05, 3.63) is 36.4 Å². The number of fused-ring (bicyclic) bond motifs is 1. The van der Waals surface area contributed by atoms with Gasteiger partial charge in [0.25, 0.3) is 0 Å². The van der Waals surface area contributed by atoms with Crippen LogP contribution in [0.1, 0.15) is 32.1 Å². The Labute approximate surface area is 143 Å². The monoisotopic (exact) mass is 327 g/mol. The van der Waals surface area contributed by atoms with Crippen LogP contribution in [0.15, 0.2) is 36.4 Å². The molecule has 1 aliphatic heterocycles. The maximum atomic E-state index is 12.3. The molecule has 2 aromatic carbocycles. The molecule has 24 heavy (non-hydrogen) atoms. The predicted octanol–water partition coefficient (Wildman–Crippen LogP) is 3.89. The summed E-state index contributed by atoms with van der Waals surface area (Å²) in [5, 5.41) is 14.6. The zero-order chi connectivity index (χ0) is 17.0. The first-order valence-corrected chi connectivity index (χ1v) is 8.91. The van der Waals surface area contributed by atoms with Crippen molar-refractivity contribution in [1.29, 1.82) is 0 Å². The molecule has 0 spiro atoms. The summed E-state index contributed by atoms with van der Waals surface area (Å²) in [5.41, 5.74) is 0.770. The largest absolute Gasteiger partial charge is 0.508 e. The maximum Gasteiger partial charge on any atom is 0.224 e. The molecule has 4 heteroatoms. The molecule has 0 unspecified atom stereocenters. The van der Waals surface area contributed by atoms with E-state index in [-0.39, 0.29) is 11.7 Å². The first-order valence-electron chi connectivity index (χ1n) is 8.91. The highest BCUT2D eigenvalue weighted by Gasteiger charge is 2.24. The topological polar surface area (TPSA) is 49.3 Å². The minimum absolute atomic E-state index is 0.0504. The van der Waals surface area contributed by atoms with Gasteiger partial charge in [-0.25, -0.2) is 0 Å². The van der Waals surface area contributed by atoms with Crippen molar-refractivity contribution in [2.45, 2.75) is 32.1 Å². The molecular formula is C20H27N2O2+. The normalized spacial score (nSPS) is 16.9. The first-order chi connectivity index (χ1) is 11.6. The number of aromatic hydroxyl groups is 1. The number of rotatable bonds is 5. The number of benzene rings is 2. The van der Waals surface area contributed by atoms with Gasteiger partial charge in [0.15, 0.2) is 0 Å². The van der Waals surface area contributed by atoms with E-state index < -0.39 is 0 Å². The quantitative estimate of drug-likeness (QED) is 0.819. The van der Waals surface area contributed by atoms with Crippen molar-refractivity contribution < 1.29 is 14.4 Å². The molecule has 0 radical (unpaired) electrons. The van der Waals surface area contributed by atoms with Gasteiger partial charge in [0.1, 0.15) is 5.75 Å². The van der Waals surface area contributed by atoms with E-state index in [0.717, 1.165) is 33.9 Å². The lowest BCUT2D eigenvalue weighted by atomic mass is 10.1. The number of carbonyl (C=O) groups is 1. The molecule has 1 aliphatic rings. The second-order valence-corrected chi connectivity index (χ2v) is 7.21. The molecule has 128 valence electrons. The van der Waals surface area contributed by atoms with Crippen LogP contribution < -0.4 is 5.32 Å². The fourth-order valence-corrected chi connectivity index (χ4v) is 3.70. The number of nitrogens with one attached hydrogen (secondary N) is 1. The van der Waals surface area contributed by atoms with Crippen molar-refractivity contribution >= 4 is 22.4 Å². The standard InChI is InChI=1S/C20H26N2O2/c1-22(12-3-2-4-13-22)14-6-9-20(24)21-19-8-5-7-16-10-11-17(23)15-18(16)19/h5,7-8,10-11,15H,2-4,6,9,12-14H2,1H3,(H-,21,23,24)/p+1. The molecule has 0 saturated carbocycles. The number of hydrogen-bond donors (Lipinski definition) is 2. The highest BCUT2D eigenvalue weighted by Crippen LogP contribution is 2.27.